The molecule has 0 radical (unpaired) electrons. The van der Waals surface area contributed by atoms with Gasteiger partial charge in [0.15, 0.2) is 0 Å². The highest BCUT2D eigenvalue weighted by atomic mass is 16.5. The number of hydrogen-bond donors (Lipinski definition) is 2. The molecule has 15 heavy (non-hydrogen) atoms. The molecule has 84 valence electrons. The monoisotopic (exact) mass is 209 g/mol. The van der Waals surface area contributed by atoms with Crippen LogP contribution in [-0.2, 0) is 0 Å². The summed E-state index contributed by atoms with van der Waals surface area (Å²) in [6.07, 6.45) is 0.841. The third kappa shape index (κ3) is 2.42. The van der Waals surface area contributed by atoms with Crippen LogP contribution in [0.2, 0.25) is 0 Å². The third-order valence-corrected chi connectivity index (χ3v) is 2.69. The topological polar surface area (TPSA) is 55.5 Å². The van der Waals surface area contributed by atoms with E-state index in [0.717, 1.165) is 23.3 Å². The largest absolute Gasteiger partial charge is 0.507 e. The summed E-state index contributed by atoms with van der Waals surface area (Å²) < 4.78 is 5.25. The molecule has 0 amide bonds. The molecule has 1 atom stereocenters. The van der Waals surface area contributed by atoms with Crippen molar-refractivity contribution in [1.82, 2.24) is 0 Å². The van der Waals surface area contributed by atoms with Crippen LogP contribution in [-0.4, -0.2) is 18.8 Å². The number of phenolic OH excluding ortho intramolecular Hbond substituents is 1. The molecular weight excluding hydrogens is 190 g/mol. The first-order chi connectivity index (χ1) is 7.11. The second-order valence-electron chi connectivity index (χ2n) is 3.83. The van der Waals surface area contributed by atoms with E-state index in [0.29, 0.717) is 12.3 Å². The van der Waals surface area contributed by atoms with Gasteiger partial charge in [-0.15, -0.1) is 0 Å². The number of aromatic hydroxyl groups is 1. The van der Waals surface area contributed by atoms with Crippen LogP contribution in [0.5, 0.6) is 11.5 Å². The Kier molecular flexibility index (Phi) is 3.97. The molecule has 3 N–H and O–H groups in total. The summed E-state index contributed by atoms with van der Waals surface area (Å²) in [6, 6.07) is 3.74. The molecule has 0 aliphatic carbocycles. The van der Waals surface area contributed by atoms with E-state index in [2.05, 4.69) is 0 Å². The minimum Gasteiger partial charge on any atom is -0.507 e. The fourth-order valence-corrected chi connectivity index (χ4v) is 1.75. The molecule has 0 aliphatic heterocycles. The summed E-state index contributed by atoms with van der Waals surface area (Å²) in [5, 5.41) is 9.99. The summed E-state index contributed by atoms with van der Waals surface area (Å²) in [4.78, 5) is 0. The van der Waals surface area contributed by atoms with Crippen LogP contribution in [0, 0.1) is 6.92 Å². The van der Waals surface area contributed by atoms with Crippen LogP contribution in [0.3, 0.4) is 0 Å². The zero-order valence-corrected chi connectivity index (χ0v) is 9.58. The minimum atomic E-state index is 0.213. The highest BCUT2D eigenvalue weighted by Crippen LogP contribution is 2.37. The summed E-state index contributed by atoms with van der Waals surface area (Å²) in [5.41, 5.74) is 7.26. The molecule has 0 aromatic heterocycles. The summed E-state index contributed by atoms with van der Waals surface area (Å²) >= 11 is 0. The number of rotatable bonds is 4. The number of phenols is 1. The van der Waals surface area contributed by atoms with Crippen molar-refractivity contribution in [3.63, 3.8) is 0 Å². The van der Waals surface area contributed by atoms with E-state index < -0.39 is 0 Å². The van der Waals surface area contributed by atoms with Gasteiger partial charge in [0.1, 0.15) is 11.5 Å². The fraction of sp³-hybridized carbons (Fsp3) is 0.500. The lowest BCUT2D eigenvalue weighted by Gasteiger charge is -2.17. The predicted octanol–water partition coefficient (Wildman–Crippen LogP) is 2.16. The van der Waals surface area contributed by atoms with Gasteiger partial charge in [-0.3, -0.25) is 0 Å². The van der Waals surface area contributed by atoms with Crippen molar-refractivity contribution in [2.75, 3.05) is 13.7 Å². The van der Waals surface area contributed by atoms with E-state index in [1.54, 1.807) is 7.11 Å². The standard InChI is InChI=1S/C12H19NO2/c1-8(6-7-13)11-10(15-3)5-4-9(2)12(11)14/h4-5,8,14H,6-7,13H2,1-3H3. The molecule has 1 unspecified atom stereocenters. The zero-order chi connectivity index (χ0) is 11.4. The maximum Gasteiger partial charge on any atom is 0.126 e. The molecular formula is C12H19NO2. The van der Waals surface area contributed by atoms with Gasteiger partial charge in [-0.25, -0.2) is 0 Å². The Bertz CT molecular complexity index is 337. The summed E-state index contributed by atoms with van der Waals surface area (Å²) in [6.45, 7) is 4.54. The predicted molar refractivity (Wildman–Crippen MR) is 61.5 cm³/mol. The van der Waals surface area contributed by atoms with Gasteiger partial charge >= 0.3 is 0 Å². The van der Waals surface area contributed by atoms with Crippen molar-refractivity contribution in [3.8, 4) is 11.5 Å². The van der Waals surface area contributed by atoms with Crippen LogP contribution in [0.25, 0.3) is 0 Å². The molecule has 0 bridgehead atoms. The highest BCUT2D eigenvalue weighted by molar-refractivity contribution is 5.50. The molecule has 1 aromatic rings. The Hall–Kier alpha value is -1.22. The van der Waals surface area contributed by atoms with Gasteiger partial charge < -0.3 is 15.6 Å². The Balaban J connectivity index is 3.17. The SMILES string of the molecule is COc1ccc(C)c(O)c1C(C)CCN. The van der Waals surface area contributed by atoms with E-state index in [1.807, 2.05) is 26.0 Å². The first kappa shape index (κ1) is 11.9. The molecule has 1 aromatic carbocycles. The maximum atomic E-state index is 9.99. The first-order valence-corrected chi connectivity index (χ1v) is 5.18. The van der Waals surface area contributed by atoms with Crippen molar-refractivity contribution in [2.45, 2.75) is 26.2 Å². The number of methoxy groups -OCH3 is 1. The van der Waals surface area contributed by atoms with E-state index in [4.69, 9.17) is 10.5 Å². The fourth-order valence-electron chi connectivity index (χ4n) is 1.75. The molecule has 0 spiro atoms. The lowest BCUT2D eigenvalue weighted by atomic mass is 9.94. The van der Waals surface area contributed by atoms with E-state index in [9.17, 15) is 5.11 Å². The van der Waals surface area contributed by atoms with Crippen molar-refractivity contribution in [3.05, 3.63) is 23.3 Å². The minimum absolute atomic E-state index is 0.213. The van der Waals surface area contributed by atoms with Gasteiger partial charge in [0.25, 0.3) is 0 Å². The van der Waals surface area contributed by atoms with E-state index in [-0.39, 0.29) is 5.92 Å². The van der Waals surface area contributed by atoms with Crippen LogP contribution in [0.1, 0.15) is 30.4 Å². The second kappa shape index (κ2) is 5.03. The van der Waals surface area contributed by atoms with E-state index >= 15 is 0 Å². The van der Waals surface area contributed by atoms with Gasteiger partial charge in [0, 0.05) is 5.56 Å². The summed E-state index contributed by atoms with van der Waals surface area (Å²) in [7, 11) is 1.61. The average Bonchev–Trinajstić information content (AvgIpc) is 2.22. The van der Waals surface area contributed by atoms with Gasteiger partial charge in [0.2, 0.25) is 0 Å². The lowest BCUT2D eigenvalue weighted by Crippen LogP contribution is -2.06. The molecule has 0 heterocycles. The first-order valence-electron chi connectivity index (χ1n) is 5.18. The molecule has 3 nitrogen and oxygen atoms in total. The molecule has 0 saturated carbocycles. The number of hydrogen-bond acceptors (Lipinski definition) is 3. The number of ether oxygens (including phenoxy) is 1. The molecule has 1 rings (SSSR count). The number of aryl methyl sites for hydroxylation is 1. The zero-order valence-electron chi connectivity index (χ0n) is 9.58. The smallest absolute Gasteiger partial charge is 0.126 e. The van der Waals surface area contributed by atoms with Crippen LogP contribution in [0.15, 0.2) is 12.1 Å². The quantitative estimate of drug-likeness (QED) is 0.799. The molecule has 0 fully saturated rings. The van der Waals surface area contributed by atoms with Gasteiger partial charge in [-0.2, -0.15) is 0 Å². The highest BCUT2D eigenvalue weighted by Gasteiger charge is 2.16. The molecule has 0 aliphatic rings. The molecule has 0 saturated heterocycles. The third-order valence-electron chi connectivity index (χ3n) is 2.69. The average molecular weight is 209 g/mol. The number of nitrogens with two attached hydrogens (primary N) is 1. The van der Waals surface area contributed by atoms with Crippen molar-refractivity contribution in [2.24, 2.45) is 5.73 Å². The Labute approximate surface area is 90.9 Å². The lowest BCUT2D eigenvalue weighted by molar-refractivity contribution is 0.392. The Morgan fingerprint density at radius 1 is 1.47 bits per heavy atom. The summed E-state index contributed by atoms with van der Waals surface area (Å²) in [5.74, 6) is 1.28. The molecule has 3 heteroatoms. The van der Waals surface area contributed by atoms with Gasteiger partial charge in [-0.05, 0) is 37.4 Å². The van der Waals surface area contributed by atoms with Crippen LogP contribution in [0.4, 0.5) is 0 Å². The van der Waals surface area contributed by atoms with Gasteiger partial charge in [0.05, 0.1) is 7.11 Å². The van der Waals surface area contributed by atoms with Crippen LogP contribution >= 0.6 is 0 Å². The van der Waals surface area contributed by atoms with Crippen LogP contribution < -0.4 is 10.5 Å². The second-order valence-corrected chi connectivity index (χ2v) is 3.83. The Morgan fingerprint density at radius 3 is 2.67 bits per heavy atom. The van der Waals surface area contributed by atoms with Crippen molar-refractivity contribution >= 4 is 0 Å². The van der Waals surface area contributed by atoms with E-state index in [1.165, 1.54) is 0 Å². The van der Waals surface area contributed by atoms with Gasteiger partial charge in [-0.1, -0.05) is 13.0 Å². The van der Waals surface area contributed by atoms with Crippen molar-refractivity contribution in [1.29, 1.82) is 0 Å². The Morgan fingerprint density at radius 2 is 2.13 bits per heavy atom. The van der Waals surface area contributed by atoms with Crippen molar-refractivity contribution < 1.29 is 9.84 Å². The normalized spacial score (nSPS) is 12.5. The number of benzene rings is 1. The maximum absolute atomic E-state index is 9.99.